The maximum Gasteiger partial charge on any atom is 0.244 e. The lowest BCUT2D eigenvalue weighted by Gasteiger charge is -2.34. The van der Waals surface area contributed by atoms with Gasteiger partial charge in [0.1, 0.15) is 4.90 Å². The van der Waals surface area contributed by atoms with Crippen LogP contribution in [0.15, 0.2) is 23.1 Å². The molecule has 0 saturated carbocycles. The van der Waals surface area contributed by atoms with Gasteiger partial charge in [-0.3, -0.25) is 9.69 Å². The molecule has 0 spiro atoms. The molecule has 9 heteroatoms. The van der Waals surface area contributed by atoms with Gasteiger partial charge < -0.3 is 10.1 Å². The summed E-state index contributed by atoms with van der Waals surface area (Å²) in [7, 11) is -3.71. The van der Waals surface area contributed by atoms with E-state index in [-0.39, 0.29) is 34.6 Å². The van der Waals surface area contributed by atoms with Gasteiger partial charge in [-0.05, 0) is 32.0 Å². The average Bonchev–Trinajstić information content (AvgIpc) is 2.56. The number of amides is 1. The van der Waals surface area contributed by atoms with Gasteiger partial charge in [0.05, 0.1) is 23.8 Å². The largest absolute Gasteiger partial charge is 0.373 e. The molecular formula is C18H28ClN3O4S. The first-order valence-electron chi connectivity index (χ1n) is 9.14. The van der Waals surface area contributed by atoms with Crippen molar-refractivity contribution < 1.29 is 17.9 Å². The van der Waals surface area contributed by atoms with Gasteiger partial charge >= 0.3 is 0 Å². The fraction of sp³-hybridized carbons (Fsp3) is 0.611. The number of halogens is 1. The molecule has 1 N–H and O–H groups in total. The second kappa shape index (κ2) is 9.34. The van der Waals surface area contributed by atoms with Gasteiger partial charge in [-0.15, -0.1) is 0 Å². The molecule has 0 aromatic heterocycles. The normalized spacial score (nSPS) is 21.4. The molecule has 2 rings (SSSR count). The number of benzene rings is 1. The second-order valence-corrected chi connectivity index (χ2v) is 9.05. The van der Waals surface area contributed by atoms with Crippen LogP contribution in [-0.2, 0) is 19.6 Å². The molecule has 0 radical (unpaired) electrons. The van der Waals surface area contributed by atoms with E-state index in [1.165, 1.54) is 16.4 Å². The van der Waals surface area contributed by atoms with Gasteiger partial charge in [0.2, 0.25) is 15.9 Å². The molecule has 152 valence electrons. The minimum absolute atomic E-state index is 0.000663. The van der Waals surface area contributed by atoms with Crippen LogP contribution < -0.4 is 5.32 Å². The van der Waals surface area contributed by atoms with Crippen LogP contribution in [0.4, 0.5) is 5.69 Å². The Morgan fingerprint density at radius 3 is 2.41 bits per heavy atom. The molecule has 0 unspecified atom stereocenters. The van der Waals surface area contributed by atoms with E-state index in [2.05, 4.69) is 5.32 Å². The number of ether oxygens (including phenoxy) is 1. The SMILES string of the molecule is CCN(CC)S(=O)(=O)c1cc(NC(=O)CN2C[C@@H](C)O[C@@H](C)C2)ccc1Cl. The lowest BCUT2D eigenvalue weighted by Crippen LogP contribution is -2.48. The number of hydrogen-bond acceptors (Lipinski definition) is 5. The van der Waals surface area contributed by atoms with E-state index in [9.17, 15) is 13.2 Å². The number of anilines is 1. The zero-order valence-corrected chi connectivity index (χ0v) is 17.8. The van der Waals surface area contributed by atoms with Crippen molar-refractivity contribution in [3.8, 4) is 0 Å². The highest BCUT2D eigenvalue weighted by molar-refractivity contribution is 7.89. The number of morpholine rings is 1. The molecule has 1 aliphatic heterocycles. The van der Waals surface area contributed by atoms with Gasteiger partial charge in [0.25, 0.3) is 0 Å². The highest BCUT2D eigenvalue weighted by Gasteiger charge is 2.26. The van der Waals surface area contributed by atoms with Crippen LogP contribution >= 0.6 is 11.6 Å². The van der Waals surface area contributed by atoms with Crippen molar-refractivity contribution in [3.05, 3.63) is 23.2 Å². The Labute approximate surface area is 166 Å². The average molecular weight is 418 g/mol. The Balaban J connectivity index is 2.12. The van der Waals surface area contributed by atoms with Crippen LogP contribution in [-0.4, -0.2) is 68.5 Å². The number of hydrogen-bond donors (Lipinski definition) is 1. The number of nitrogens with zero attached hydrogens (tertiary/aromatic N) is 2. The molecule has 1 amide bonds. The van der Waals surface area contributed by atoms with Crippen molar-refractivity contribution in [1.29, 1.82) is 0 Å². The van der Waals surface area contributed by atoms with E-state index in [4.69, 9.17) is 16.3 Å². The molecule has 27 heavy (non-hydrogen) atoms. The molecule has 1 saturated heterocycles. The third kappa shape index (κ3) is 5.65. The number of carbonyl (C=O) groups excluding carboxylic acids is 1. The van der Waals surface area contributed by atoms with E-state index < -0.39 is 10.0 Å². The monoisotopic (exact) mass is 417 g/mol. The third-order valence-corrected chi connectivity index (χ3v) is 6.93. The zero-order chi connectivity index (χ0) is 20.2. The maximum atomic E-state index is 12.7. The van der Waals surface area contributed by atoms with Crippen LogP contribution in [0.3, 0.4) is 0 Å². The first-order chi connectivity index (χ1) is 12.7. The van der Waals surface area contributed by atoms with Crippen LogP contribution in [0.1, 0.15) is 27.7 Å². The molecule has 1 fully saturated rings. The summed E-state index contributed by atoms with van der Waals surface area (Å²) < 4.78 is 32.5. The summed E-state index contributed by atoms with van der Waals surface area (Å²) in [6.07, 6.45) is 0.144. The number of sulfonamides is 1. The van der Waals surface area contributed by atoms with Gasteiger partial charge in [-0.2, -0.15) is 4.31 Å². The molecule has 1 heterocycles. The van der Waals surface area contributed by atoms with E-state index >= 15 is 0 Å². The van der Waals surface area contributed by atoms with E-state index in [0.29, 0.717) is 31.9 Å². The smallest absolute Gasteiger partial charge is 0.244 e. The van der Waals surface area contributed by atoms with E-state index in [1.807, 2.05) is 18.7 Å². The van der Waals surface area contributed by atoms with E-state index in [1.54, 1.807) is 19.9 Å². The molecule has 1 aliphatic rings. The van der Waals surface area contributed by atoms with Crippen molar-refractivity contribution in [1.82, 2.24) is 9.21 Å². The molecule has 7 nitrogen and oxygen atoms in total. The molecular weight excluding hydrogens is 390 g/mol. The Morgan fingerprint density at radius 1 is 1.26 bits per heavy atom. The molecule has 2 atom stereocenters. The number of nitrogens with one attached hydrogen (secondary N) is 1. The Kier molecular flexibility index (Phi) is 7.64. The van der Waals surface area contributed by atoms with Crippen molar-refractivity contribution in [2.24, 2.45) is 0 Å². The van der Waals surface area contributed by atoms with Gasteiger partial charge in [-0.25, -0.2) is 8.42 Å². The fourth-order valence-electron chi connectivity index (χ4n) is 3.30. The van der Waals surface area contributed by atoms with E-state index in [0.717, 1.165) is 0 Å². The number of carbonyl (C=O) groups is 1. The summed E-state index contributed by atoms with van der Waals surface area (Å²) in [5.74, 6) is -0.204. The van der Waals surface area contributed by atoms with Crippen molar-refractivity contribution in [3.63, 3.8) is 0 Å². The molecule has 1 aromatic rings. The van der Waals surface area contributed by atoms with Gasteiger partial charge in [-0.1, -0.05) is 25.4 Å². The van der Waals surface area contributed by atoms with Gasteiger partial charge in [0, 0.05) is 31.9 Å². The summed E-state index contributed by atoms with van der Waals surface area (Å²) in [5.41, 5.74) is 0.407. The number of rotatable bonds is 7. The highest BCUT2D eigenvalue weighted by Crippen LogP contribution is 2.27. The molecule has 0 aliphatic carbocycles. The van der Waals surface area contributed by atoms with Crippen molar-refractivity contribution >= 4 is 33.2 Å². The zero-order valence-electron chi connectivity index (χ0n) is 16.2. The summed E-state index contributed by atoms with van der Waals surface area (Å²) in [6, 6.07) is 4.51. The first kappa shape index (κ1) is 22.1. The predicted molar refractivity (Wildman–Crippen MR) is 107 cm³/mol. The van der Waals surface area contributed by atoms with Crippen LogP contribution in [0.5, 0.6) is 0 Å². The van der Waals surface area contributed by atoms with Crippen LogP contribution in [0, 0.1) is 0 Å². The quantitative estimate of drug-likeness (QED) is 0.737. The molecule has 0 bridgehead atoms. The summed E-state index contributed by atoms with van der Waals surface area (Å²) in [4.78, 5) is 14.4. The fourth-order valence-corrected chi connectivity index (χ4v) is 5.26. The maximum absolute atomic E-state index is 12.7. The Bertz CT molecular complexity index is 758. The van der Waals surface area contributed by atoms with Crippen molar-refractivity contribution in [2.75, 3.05) is 38.0 Å². The van der Waals surface area contributed by atoms with Crippen molar-refractivity contribution in [2.45, 2.75) is 44.8 Å². The minimum atomic E-state index is -3.71. The predicted octanol–water partition coefficient (Wildman–Crippen LogP) is 2.42. The Hall–Kier alpha value is -1.19. The Morgan fingerprint density at radius 2 is 1.85 bits per heavy atom. The first-order valence-corrected chi connectivity index (χ1v) is 11.0. The summed E-state index contributed by atoms with van der Waals surface area (Å²) in [5, 5.41) is 2.91. The standard InChI is InChI=1S/C18H28ClN3O4S/c1-5-22(6-2)27(24,25)17-9-15(7-8-16(17)19)20-18(23)12-21-10-13(3)26-14(4)11-21/h7-9,13-14H,5-6,10-12H2,1-4H3,(H,20,23)/t13-,14+. The van der Waals surface area contributed by atoms with Crippen LogP contribution in [0.2, 0.25) is 5.02 Å². The lowest BCUT2D eigenvalue weighted by atomic mass is 10.2. The molecule has 1 aromatic carbocycles. The third-order valence-electron chi connectivity index (χ3n) is 4.40. The van der Waals surface area contributed by atoms with Gasteiger partial charge in [0.15, 0.2) is 0 Å². The highest BCUT2D eigenvalue weighted by atomic mass is 35.5. The summed E-state index contributed by atoms with van der Waals surface area (Å²) in [6.45, 7) is 9.76. The second-order valence-electron chi connectivity index (χ2n) is 6.73. The minimum Gasteiger partial charge on any atom is -0.373 e. The summed E-state index contributed by atoms with van der Waals surface area (Å²) >= 11 is 6.12. The lowest BCUT2D eigenvalue weighted by molar-refractivity contribution is -0.121. The van der Waals surface area contributed by atoms with Crippen LogP contribution in [0.25, 0.3) is 0 Å². The topological polar surface area (TPSA) is 79.0 Å².